The Bertz CT molecular complexity index is 952. The van der Waals surface area contributed by atoms with Crippen LogP contribution in [0.5, 0.6) is 11.5 Å². The second-order valence-electron chi connectivity index (χ2n) is 8.39. The van der Waals surface area contributed by atoms with Crippen molar-refractivity contribution >= 4 is 0 Å². The number of rotatable bonds is 7. The average molecular weight is 433 g/mol. The standard InChI is InChI=1S/C25H28N2O2.C3H8/c1-28-23-8-5-20(6-9-23)25-11-3-19(16-27-25)17-29-24-10-7-21-14-18(12-13-26)2-4-22(21)15-24;1-3-2/h3,5-11,15-16,18H,2,4,12-14,17,26H2,1H3;3H2,1-2H3. The third kappa shape index (κ3) is 6.57. The summed E-state index contributed by atoms with van der Waals surface area (Å²) in [5, 5.41) is 0. The first kappa shape index (κ1) is 23.8. The Labute approximate surface area is 192 Å². The van der Waals surface area contributed by atoms with Gasteiger partial charge in [-0.1, -0.05) is 32.4 Å². The van der Waals surface area contributed by atoms with Crippen molar-refractivity contribution in [2.24, 2.45) is 11.7 Å². The fourth-order valence-corrected chi connectivity index (χ4v) is 3.99. The molecule has 1 heterocycles. The number of hydrogen-bond acceptors (Lipinski definition) is 4. The molecule has 0 radical (unpaired) electrons. The number of ether oxygens (including phenoxy) is 2. The van der Waals surface area contributed by atoms with Crippen LogP contribution in [0.4, 0.5) is 0 Å². The molecule has 4 nitrogen and oxygen atoms in total. The molecular formula is C28H36N2O2. The van der Waals surface area contributed by atoms with Crippen LogP contribution in [-0.4, -0.2) is 18.6 Å². The number of fused-ring (bicyclic) bond motifs is 1. The number of pyridine rings is 1. The first-order valence-corrected chi connectivity index (χ1v) is 11.7. The maximum absolute atomic E-state index is 6.03. The van der Waals surface area contributed by atoms with Crippen LogP contribution in [-0.2, 0) is 19.4 Å². The highest BCUT2D eigenvalue weighted by Gasteiger charge is 2.18. The predicted molar refractivity (Wildman–Crippen MR) is 132 cm³/mol. The van der Waals surface area contributed by atoms with Gasteiger partial charge in [0.1, 0.15) is 18.1 Å². The van der Waals surface area contributed by atoms with Crippen molar-refractivity contribution in [1.82, 2.24) is 4.98 Å². The lowest BCUT2D eigenvalue weighted by Crippen LogP contribution is -2.17. The smallest absolute Gasteiger partial charge is 0.120 e. The van der Waals surface area contributed by atoms with Crippen molar-refractivity contribution in [1.29, 1.82) is 0 Å². The highest BCUT2D eigenvalue weighted by Crippen LogP contribution is 2.30. The lowest BCUT2D eigenvalue weighted by atomic mass is 9.82. The summed E-state index contributed by atoms with van der Waals surface area (Å²) in [5.41, 5.74) is 11.7. The molecule has 1 aromatic heterocycles. The van der Waals surface area contributed by atoms with E-state index in [0.717, 1.165) is 60.0 Å². The van der Waals surface area contributed by atoms with Gasteiger partial charge in [0, 0.05) is 17.3 Å². The van der Waals surface area contributed by atoms with E-state index in [9.17, 15) is 0 Å². The molecule has 2 N–H and O–H groups in total. The van der Waals surface area contributed by atoms with E-state index < -0.39 is 0 Å². The number of nitrogens with zero attached hydrogens (tertiary/aromatic N) is 1. The fourth-order valence-electron chi connectivity index (χ4n) is 3.99. The number of methoxy groups -OCH3 is 1. The first-order chi connectivity index (χ1) is 15.7. The zero-order valence-electron chi connectivity index (χ0n) is 19.6. The van der Waals surface area contributed by atoms with Crippen LogP contribution in [0.2, 0.25) is 0 Å². The van der Waals surface area contributed by atoms with Gasteiger partial charge >= 0.3 is 0 Å². The van der Waals surface area contributed by atoms with Crippen molar-refractivity contribution in [2.75, 3.05) is 13.7 Å². The Balaban J connectivity index is 0.000000913. The van der Waals surface area contributed by atoms with Gasteiger partial charge in [-0.2, -0.15) is 0 Å². The van der Waals surface area contributed by atoms with Gasteiger partial charge in [-0.3, -0.25) is 4.98 Å². The van der Waals surface area contributed by atoms with Crippen LogP contribution >= 0.6 is 0 Å². The molecule has 1 unspecified atom stereocenters. The molecule has 2 aromatic carbocycles. The monoisotopic (exact) mass is 432 g/mol. The van der Waals surface area contributed by atoms with Gasteiger partial charge in [-0.15, -0.1) is 0 Å². The summed E-state index contributed by atoms with van der Waals surface area (Å²) in [6.07, 6.45) is 7.75. The van der Waals surface area contributed by atoms with Crippen molar-refractivity contribution in [2.45, 2.75) is 52.6 Å². The number of aromatic nitrogens is 1. The molecule has 0 amide bonds. The minimum atomic E-state index is 0.518. The molecule has 0 saturated heterocycles. The third-order valence-corrected chi connectivity index (χ3v) is 5.70. The van der Waals surface area contributed by atoms with E-state index in [0.29, 0.717) is 6.61 Å². The van der Waals surface area contributed by atoms with Crippen LogP contribution in [0.15, 0.2) is 60.8 Å². The van der Waals surface area contributed by atoms with Crippen LogP contribution in [0.1, 0.15) is 49.8 Å². The molecule has 170 valence electrons. The van der Waals surface area contributed by atoms with E-state index in [1.165, 1.54) is 24.0 Å². The Hall–Kier alpha value is -2.85. The molecule has 4 heteroatoms. The summed E-state index contributed by atoms with van der Waals surface area (Å²) in [7, 11) is 1.67. The van der Waals surface area contributed by atoms with E-state index >= 15 is 0 Å². The Morgan fingerprint density at radius 2 is 1.72 bits per heavy atom. The zero-order chi connectivity index (χ0) is 22.8. The molecule has 32 heavy (non-hydrogen) atoms. The number of benzene rings is 2. The molecule has 0 bridgehead atoms. The topological polar surface area (TPSA) is 57.4 Å². The average Bonchev–Trinajstić information content (AvgIpc) is 2.84. The van der Waals surface area contributed by atoms with Gasteiger partial charge in [0.2, 0.25) is 0 Å². The normalized spacial score (nSPS) is 14.7. The van der Waals surface area contributed by atoms with Crippen molar-refractivity contribution in [3.63, 3.8) is 0 Å². The first-order valence-electron chi connectivity index (χ1n) is 11.7. The van der Waals surface area contributed by atoms with Crippen molar-refractivity contribution in [3.05, 3.63) is 77.5 Å². The molecule has 3 aromatic rings. The maximum Gasteiger partial charge on any atom is 0.120 e. The zero-order valence-corrected chi connectivity index (χ0v) is 19.6. The Morgan fingerprint density at radius 3 is 2.38 bits per heavy atom. The molecule has 1 atom stereocenters. The predicted octanol–water partition coefficient (Wildman–Crippen LogP) is 6.21. The molecule has 0 saturated carbocycles. The molecule has 1 aliphatic rings. The molecular weight excluding hydrogens is 396 g/mol. The largest absolute Gasteiger partial charge is 0.497 e. The van der Waals surface area contributed by atoms with Gasteiger partial charge < -0.3 is 15.2 Å². The second kappa shape index (κ2) is 12.3. The number of hydrogen-bond donors (Lipinski definition) is 1. The summed E-state index contributed by atoms with van der Waals surface area (Å²) in [6.45, 7) is 5.55. The van der Waals surface area contributed by atoms with Crippen molar-refractivity contribution in [3.8, 4) is 22.8 Å². The summed E-state index contributed by atoms with van der Waals surface area (Å²) >= 11 is 0. The minimum absolute atomic E-state index is 0.518. The summed E-state index contributed by atoms with van der Waals surface area (Å²) in [6, 6.07) is 18.5. The van der Waals surface area contributed by atoms with E-state index in [1.54, 1.807) is 7.11 Å². The second-order valence-corrected chi connectivity index (χ2v) is 8.39. The fraction of sp³-hybridized carbons (Fsp3) is 0.393. The van der Waals surface area contributed by atoms with Gasteiger partial charge in [-0.05, 0) is 91.7 Å². The SMILES string of the molecule is CCC.COc1ccc(-c2ccc(COc3ccc4c(c3)CCC(CCN)C4)cn2)cc1. The van der Waals surface area contributed by atoms with Gasteiger partial charge in [0.15, 0.2) is 0 Å². The van der Waals surface area contributed by atoms with Crippen LogP contribution in [0, 0.1) is 5.92 Å². The quantitative estimate of drug-likeness (QED) is 0.482. The number of aryl methyl sites for hydroxylation is 1. The number of nitrogens with two attached hydrogens (primary N) is 1. The Kier molecular flexibility index (Phi) is 9.12. The van der Waals surface area contributed by atoms with E-state index in [1.807, 2.05) is 36.5 Å². The lowest BCUT2D eigenvalue weighted by Gasteiger charge is -2.24. The lowest BCUT2D eigenvalue weighted by molar-refractivity contribution is 0.304. The summed E-state index contributed by atoms with van der Waals surface area (Å²) in [5.74, 6) is 2.51. The van der Waals surface area contributed by atoms with Gasteiger partial charge in [0.25, 0.3) is 0 Å². The molecule has 4 rings (SSSR count). The van der Waals surface area contributed by atoms with E-state index in [4.69, 9.17) is 15.2 Å². The summed E-state index contributed by atoms with van der Waals surface area (Å²) in [4.78, 5) is 4.58. The molecule has 1 aliphatic carbocycles. The van der Waals surface area contributed by atoms with Crippen molar-refractivity contribution < 1.29 is 9.47 Å². The maximum atomic E-state index is 6.03. The van der Waals surface area contributed by atoms with Gasteiger partial charge in [0.05, 0.1) is 12.8 Å². The summed E-state index contributed by atoms with van der Waals surface area (Å²) < 4.78 is 11.2. The highest BCUT2D eigenvalue weighted by atomic mass is 16.5. The van der Waals surface area contributed by atoms with Crippen LogP contribution < -0.4 is 15.2 Å². The highest BCUT2D eigenvalue weighted by molar-refractivity contribution is 5.60. The van der Waals surface area contributed by atoms with E-state index in [-0.39, 0.29) is 0 Å². The molecule has 0 aliphatic heterocycles. The Morgan fingerprint density at radius 1 is 0.969 bits per heavy atom. The third-order valence-electron chi connectivity index (χ3n) is 5.70. The van der Waals surface area contributed by atoms with Crippen LogP contribution in [0.25, 0.3) is 11.3 Å². The van der Waals surface area contributed by atoms with Crippen LogP contribution in [0.3, 0.4) is 0 Å². The van der Waals surface area contributed by atoms with Gasteiger partial charge in [-0.25, -0.2) is 0 Å². The molecule has 0 fully saturated rings. The van der Waals surface area contributed by atoms with E-state index in [2.05, 4.69) is 43.1 Å². The minimum Gasteiger partial charge on any atom is -0.497 e. The molecule has 0 spiro atoms.